The van der Waals surface area contributed by atoms with E-state index >= 15 is 0 Å². The van der Waals surface area contributed by atoms with Gasteiger partial charge in [0.05, 0.1) is 29.0 Å². The van der Waals surface area contributed by atoms with E-state index in [0.717, 1.165) is 22.2 Å². The minimum atomic E-state index is 0.842. The average Bonchev–Trinajstić information content (AvgIpc) is 2.98. The number of pyridine rings is 2. The maximum Gasteiger partial charge on any atom is 0.185 e. The van der Waals surface area contributed by atoms with Gasteiger partial charge in [-0.15, -0.1) is 5.10 Å². The van der Waals surface area contributed by atoms with Crippen molar-refractivity contribution in [1.29, 1.82) is 0 Å². The normalized spacial score (nSPS) is 11.3. The predicted octanol–water partition coefficient (Wildman–Crippen LogP) is 2.07. The Morgan fingerprint density at radius 2 is 2.00 bits per heavy atom. The molecule has 0 saturated carbocycles. The first-order chi connectivity index (χ1) is 8.93. The van der Waals surface area contributed by atoms with Crippen LogP contribution in [0.2, 0.25) is 0 Å². The number of hydrogen-bond acceptors (Lipinski definition) is 3. The Hall–Kier alpha value is -2.69. The molecule has 18 heavy (non-hydrogen) atoms. The van der Waals surface area contributed by atoms with Crippen LogP contribution in [0.15, 0.2) is 55.1 Å². The second kappa shape index (κ2) is 3.40. The number of rotatable bonds is 1. The summed E-state index contributed by atoms with van der Waals surface area (Å²) in [6.07, 6.45) is 7.29. The van der Waals surface area contributed by atoms with Crippen molar-refractivity contribution < 1.29 is 0 Å². The summed E-state index contributed by atoms with van der Waals surface area (Å²) in [5.74, 6) is 0. The van der Waals surface area contributed by atoms with Crippen LogP contribution >= 0.6 is 0 Å². The lowest BCUT2D eigenvalue weighted by Gasteiger charge is -1.98. The van der Waals surface area contributed by atoms with Crippen LogP contribution in [0.5, 0.6) is 0 Å². The minimum Gasteiger partial charge on any atom is -0.262 e. The van der Waals surface area contributed by atoms with E-state index < -0.39 is 0 Å². The van der Waals surface area contributed by atoms with Crippen molar-refractivity contribution in [3.05, 3.63) is 55.1 Å². The minimum absolute atomic E-state index is 0.842. The lowest BCUT2D eigenvalue weighted by Crippen LogP contribution is -1.97. The van der Waals surface area contributed by atoms with Crippen molar-refractivity contribution in [2.75, 3.05) is 0 Å². The van der Waals surface area contributed by atoms with Gasteiger partial charge >= 0.3 is 0 Å². The SMILES string of the molecule is c1cncc(-n2ncc3c2nn2ccccc32)c1. The van der Waals surface area contributed by atoms with Crippen LogP contribution in [0.3, 0.4) is 0 Å². The number of fused-ring (bicyclic) bond motifs is 3. The van der Waals surface area contributed by atoms with Gasteiger partial charge < -0.3 is 0 Å². The summed E-state index contributed by atoms with van der Waals surface area (Å²) in [7, 11) is 0. The largest absolute Gasteiger partial charge is 0.262 e. The van der Waals surface area contributed by atoms with E-state index in [1.54, 1.807) is 17.1 Å². The van der Waals surface area contributed by atoms with Crippen LogP contribution in [0.1, 0.15) is 0 Å². The first kappa shape index (κ1) is 9.35. The lowest BCUT2D eigenvalue weighted by molar-refractivity contribution is 0.860. The van der Waals surface area contributed by atoms with Gasteiger partial charge in [0.15, 0.2) is 5.65 Å². The van der Waals surface area contributed by atoms with E-state index in [1.165, 1.54) is 0 Å². The highest BCUT2D eigenvalue weighted by molar-refractivity contribution is 5.92. The molecule has 0 radical (unpaired) electrons. The first-order valence-electron chi connectivity index (χ1n) is 5.65. The molecule has 0 N–H and O–H groups in total. The summed E-state index contributed by atoms with van der Waals surface area (Å²) < 4.78 is 3.66. The van der Waals surface area contributed by atoms with Crippen molar-refractivity contribution in [2.45, 2.75) is 0 Å². The molecule has 0 amide bonds. The Balaban J connectivity index is 2.08. The zero-order chi connectivity index (χ0) is 11.9. The third kappa shape index (κ3) is 1.18. The van der Waals surface area contributed by atoms with Gasteiger partial charge in [0.2, 0.25) is 0 Å². The third-order valence-corrected chi connectivity index (χ3v) is 2.95. The summed E-state index contributed by atoms with van der Waals surface area (Å²) >= 11 is 0. The highest BCUT2D eigenvalue weighted by Crippen LogP contribution is 2.21. The molecule has 5 heteroatoms. The molecule has 0 aliphatic carbocycles. The predicted molar refractivity (Wildman–Crippen MR) is 67.6 cm³/mol. The molecule has 0 unspecified atom stereocenters. The fourth-order valence-electron chi connectivity index (χ4n) is 2.12. The molecule has 0 fully saturated rings. The van der Waals surface area contributed by atoms with Crippen molar-refractivity contribution in [2.24, 2.45) is 0 Å². The maximum absolute atomic E-state index is 4.54. The zero-order valence-corrected chi connectivity index (χ0v) is 9.43. The van der Waals surface area contributed by atoms with Crippen LogP contribution < -0.4 is 0 Å². The Kier molecular flexibility index (Phi) is 1.77. The highest BCUT2D eigenvalue weighted by Gasteiger charge is 2.11. The summed E-state index contributed by atoms with van der Waals surface area (Å²) in [5, 5.41) is 9.96. The third-order valence-electron chi connectivity index (χ3n) is 2.95. The molecular weight excluding hydrogens is 226 g/mol. The van der Waals surface area contributed by atoms with E-state index in [2.05, 4.69) is 15.2 Å². The molecule has 0 saturated heterocycles. The summed E-state index contributed by atoms with van der Waals surface area (Å²) in [5.41, 5.74) is 2.81. The molecule has 0 spiro atoms. The Morgan fingerprint density at radius 3 is 2.89 bits per heavy atom. The maximum atomic E-state index is 4.54. The monoisotopic (exact) mass is 235 g/mol. The standard InChI is InChI=1S/C13H9N5/c1-2-7-17-12(5-1)11-9-15-18(13(11)16-17)10-4-3-6-14-8-10/h1-9H. The van der Waals surface area contributed by atoms with E-state index in [0.29, 0.717) is 0 Å². The molecule has 0 atom stereocenters. The molecule has 0 aliphatic rings. The quantitative estimate of drug-likeness (QED) is 0.507. The van der Waals surface area contributed by atoms with Crippen molar-refractivity contribution in [3.63, 3.8) is 0 Å². The second-order valence-electron chi connectivity index (χ2n) is 4.04. The van der Waals surface area contributed by atoms with Crippen LogP contribution in [-0.2, 0) is 0 Å². The second-order valence-corrected chi connectivity index (χ2v) is 4.04. The zero-order valence-electron chi connectivity index (χ0n) is 9.43. The van der Waals surface area contributed by atoms with E-state index in [-0.39, 0.29) is 0 Å². The number of nitrogens with zero attached hydrogens (tertiary/aromatic N) is 5. The van der Waals surface area contributed by atoms with Crippen LogP contribution in [-0.4, -0.2) is 24.4 Å². The van der Waals surface area contributed by atoms with Crippen molar-refractivity contribution >= 4 is 16.6 Å². The Labute approximate surface area is 102 Å². The van der Waals surface area contributed by atoms with Crippen LogP contribution in [0, 0.1) is 0 Å². The van der Waals surface area contributed by atoms with Gasteiger partial charge in [-0.05, 0) is 24.3 Å². The molecule has 4 heterocycles. The van der Waals surface area contributed by atoms with Gasteiger partial charge in [-0.2, -0.15) is 5.10 Å². The number of aromatic nitrogens is 5. The smallest absolute Gasteiger partial charge is 0.185 e. The molecule has 0 bridgehead atoms. The van der Waals surface area contributed by atoms with E-state index in [9.17, 15) is 0 Å². The van der Waals surface area contributed by atoms with Gasteiger partial charge in [0, 0.05) is 12.4 Å². The van der Waals surface area contributed by atoms with Crippen molar-refractivity contribution in [3.8, 4) is 5.69 Å². The lowest BCUT2D eigenvalue weighted by atomic mass is 10.3. The van der Waals surface area contributed by atoms with E-state index in [4.69, 9.17) is 0 Å². The fourth-order valence-corrected chi connectivity index (χ4v) is 2.12. The average molecular weight is 235 g/mol. The Bertz CT molecular complexity index is 828. The molecule has 0 aliphatic heterocycles. The molecule has 5 nitrogen and oxygen atoms in total. The van der Waals surface area contributed by atoms with Gasteiger partial charge in [-0.25, -0.2) is 9.20 Å². The van der Waals surface area contributed by atoms with Gasteiger partial charge in [0.1, 0.15) is 0 Å². The summed E-state index contributed by atoms with van der Waals surface area (Å²) in [6.45, 7) is 0. The topological polar surface area (TPSA) is 48.0 Å². The first-order valence-corrected chi connectivity index (χ1v) is 5.65. The van der Waals surface area contributed by atoms with E-state index in [1.807, 2.05) is 47.2 Å². The summed E-state index contributed by atoms with van der Waals surface area (Å²) in [6, 6.07) is 9.84. The van der Waals surface area contributed by atoms with Gasteiger partial charge in [0.25, 0.3) is 0 Å². The molecular formula is C13H9N5. The fraction of sp³-hybridized carbons (Fsp3) is 0. The van der Waals surface area contributed by atoms with Crippen LogP contribution in [0.4, 0.5) is 0 Å². The van der Waals surface area contributed by atoms with Gasteiger partial charge in [-0.1, -0.05) is 6.07 Å². The Morgan fingerprint density at radius 1 is 1.00 bits per heavy atom. The molecule has 0 aromatic carbocycles. The molecule has 86 valence electrons. The van der Waals surface area contributed by atoms with Gasteiger partial charge in [-0.3, -0.25) is 4.98 Å². The van der Waals surface area contributed by atoms with Crippen LogP contribution in [0.25, 0.3) is 22.2 Å². The highest BCUT2D eigenvalue weighted by atomic mass is 15.4. The molecule has 4 rings (SSSR count). The van der Waals surface area contributed by atoms with Crippen molar-refractivity contribution in [1.82, 2.24) is 24.4 Å². The molecule has 4 aromatic rings. The number of hydrogen-bond donors (Lipinski definition) is 0. The summed E-state index contributed by atoms with van der Waals surface area (Å²) in [4.78, 5) is 4.11. The molecule has 4 aromatic heterocycles.